The summed E-state index contributed by atoms with van der Waals surface area (Å²) in [5.74, 6) is 0.927. The maximum Gasteiger partial charge on any atom is 0.257 e. The number of aromatic nitrogens is 2. The average Bonchev–Trinajstić information content (AvgIpc) is 3.34. The highest BCUT2D eigenvalue weighted by molar-refractivity contribution is 7.89. The summed E-state index contributed by atoms with van der Waals surface area (Å²) >= 11 is 1.54. The van der Waals surface area contributed by atoms with Crippen molar-refractivity contribution < 1.29 is 12.8 Å². The number of hydrogen-bond donors (Lipinski definition) is 0. The van der Waals surface area contributed by atoms with Crippen molar-refractivity contribution >= 4 is 21.4 Å². The minimum absolute atomic E-state index is 0.0785. The molecule has 1 aromatic carbocycles. The molecule has 3 aromatic rings. The summed E-state index contributed by atoms with van der Waals surface area (Å²) in [7, 11) is -3.51. The van der Waals surface area contributed by atoms with E-state index in [1.54, 1.807) is 12.1 Å². The zero-order chi connectivity index (χ0) is 18.1. The van der Waals surface area contributed by atoms with E-state index in [0.29, 0.717) is 29.8 Å². The van der Waals surface area contributed by atoms with Gasteiger partial charge in [0.2, 0.25) is 15.9 Å². The summed E-state index contributed by atoms with van der Waals surface area (Å²) in [6, 6.07) is 10.8. The van der Waals surface area contributed by atoms with Crippen LogP contribution in [0.5, 0.6) is 0 Å². The van der Waals surface area contributed by atoms with Gasteiger partial charge < -0.3 is 4.42 Å². The van der Waals surface area contributed by atoms with Gasteiger partial charge in [-0.1, -0.05) is 23.8 Å². The Morgan fingerprint density at radius 3 is 2.73 bits per heavy atom. The number of hydrogen-bond acceptors (Lipinski definition) is 6. The van der Waals surface area contributed by atoms with Crippen LogP contribution in [0.4, 0.5) is 0 Å². The van der Waals surface area contributed by atoms with Crippen LogP contribution in [0.2, 0.25) is 0 Å². The van der Waals surface area contributed by atoms with E-state index in [2.05, 4.69) is 10.2 Å². The van der Waals surface area contributed by atoms with Crippen LogP contribution in [-0.4, -0.2) is 36.0 Å². The molecule has 1 aliphatic rings. The second-order valence-electron chi connectivity index (χ2n) is 6.44. The number of benzene rings is 1. The standard InChI is InChI=1S/C18H19N3O3S2/c1-13-6-8-15(9-7-13)26(22,23)21-10-2-4-14(12-21)17-19-20-18(24-17)16-5-3-11-25-16/h3,5-9,11,14H,2,4,10,12H2,1H3/t14-/m1/s1. The van der Waals surface area contributed by atoms with E-state index in [4.69, 9.17) is 4.42 Å². The Balaban J connectivity index is 1.55. The van der Waals surface area contributed by atoms with Crippen LogP contribution in [0.3, 0.4) is 0 Å². The van der Waals surface area contributed by atoms with Gasteiger partial charge in [-0.15, -0.1) is 21.5 Å². The van der Waals surface area contributed by atoms with E-state index >= 15 is 0 Å². The molecule has 2 aromatic heterocycles. The van der Waals surface area contributed by atoms with Gasteiger partial charge in [-0.25, -0.2) is 8.42 Å². The van der Waals surface area contributed by atoms with Crippen LogP contribution in [0.1, 0.15) is 30.2 Å². The molecule has 136 valence electrons. The van der Waals surface area contributed by atoms with Gasteiger partial charge in [0.05, 0.1) is 15.7 Å². The molecule has 0 amide bonds. The Morgan fingerprint density at radius 2 is 2.00 bits per heavy atom. The molecule has 1 fully saturated rings. The summed E-state index contributed by atoms with van der Waals surface area (Å²) in [6.07, 6.45) is 1.61. The van der Waals surface area contributed by atoms with Crippen LogP contribution < -0.4 is 0 Å². The fraction of sp³-hybridized carbons (Fsp3) is 0.333. The molecule has 0 bridgehead atoms. The monoisotopic (exact) mass is 389 g/mol. The van der Waals surface area contributed by atoms with Gasteiger partial charge in [-0.2, -0.15) is 4.31 Å². The molecule has 1 saturated heterocycles. The van der Waals surface area contributed by atoms with Crippen molar-refractivity contribution in [3.05, 3.63) is 53.2 Å². The largest absolute Gasteiger partial charge is 0.420 e. The minimum Gasteiger partial charge on any atom is -0.420 e. The van der Waals surface area contributed by atoms with E-state index < -0.39 is 10.0 Å². The zero-order valence-electron chi connectivity index (χ0n) is 14.3. The summed E-state index contributed by atoms with van der Waals surface area (Å²) in [5.41, 5.74) is 1.03. The van der Waals surface area contributed by atoms with E-state index in [9.17, 15) is 8.42 Å². The fourth-order valence-corrected chi connectivity index (χ4v) is 5.29. The lowest BCUT2D eigenvalue weighted by molar-refractivity contribution is 0.286. The molecule has 1 atom stereocenters. The molecule has 0 saturated carbocycles. The molecular formula is C18H19N3O3S2. The SMILES string of the molecule is Cc1ccc(S(=O)(=O)N2CCC[C@@H](c3nnc(-c4cccs4)o3)C2)cc1. The van der Waals surface area contributed by atoms with E-state index in [1.807, 2.05) is 36.6 Å². The quantitative estimate of drug-likeness (QED) is 0.680. The second-order valence-corrected chi connectivity index (χ2v) is 9.32. The summed E-state index contributed by atoms with van der Waals surface area (Å²) < 4.78 is 33.2. The van der Waals surface area contributed by atoms with Gasteiger partial charge in [0.15, 0.2) is 0 Å². The molecule has 8 heteroatoms. The Bertz CT molecular complexity index is 979. The summed E-state index contributed by atoms with van der Waals surface area (Å²) in [4.78, 5) is 1.25. The molecular weight excluding hydrogens is 370 g/mol. The number of thiophene rings is 1. The predicted molar refractivity (Wildman–Crippen MR) is 99.5 cm³/mol. The lowest BCUT2D eigenvalue weighted by atomic mass is 10.00. The van der Waals surface area contributed by atoms with Gasteiger partial charge in [0, 0.05) is 13.1 Å². The number of piperidine rings is 1. The first-order chi connectivity index (χ1) is 12.5. The lowest BCUT2D eigenvalue weighted by Gasteiger charge is -2.30. The number of sulfonamides is 1. The highest BCUT2D eigenvalue weighted by Gasteiger charge is 2.33. The van der Waals surface area contributed by atoms with Crippen molar-refractivity contribution in [3.8, 4) is 10.8 Å². The van der Waals surface area contributed by atoms with E-state index in [-0.39, 0.29) is 5.92 Å². The molecule has 3 heterocycles. The smallest absolute Gasteiger partial charge is 0.257 e. The third kappa shape index (κ3) is 3.32. The first kappa shape index (κ1) is 17.4. The van der Waals surface area contributed by atoms with Crippen LogP contribution in [0.15, 0.2) is 51.1 Å². The molecule has 6 nitrogen and oxygen atoms in total. The lowest BCUT2D eigenvalue weighted by Crippen LogP contribution is -2.39. The van der Waals surface area contributed by atoms with Gasteiger partial charge in [-0.3, -0.25) is 0 Å². The van der Waals surface area contributed by atoms with Gasteiger partial charge in [0.1, 0.15) is 0 Å². The van der Waals surface area contributed by atoms with Crippen molar-refractivity contribution in [2.75, 3.05) is 13.1 Å². The average molecular weight is 390 g/mol. The predicted octanol–water partition coefficient (Wildman–Crippen LogP) is 3.67. The van der Waals surface area contributed by atoms with Crippen LogP contribution in [-0.2, 0) is 10.0 Å². The van der Waals surface area contributed by atoms with Gasteiger partial charge >= 0.3 is 0 Å². The number of rotatable bonds is 4. The Kier molecular flexibility index (Phi) is 4.64. The first-order valence-electron chi connectivity index (χ1n) is 8.48. The zero-order valence-corrected chi connectivity index (χ0v) is 16.0. The molecule has 0 radical (unpaired) electrons. The number of aryl methyl sites for hydroxylation is 1. The highest BCUT2D eigenvalue weighted by Crippen LogP contribution is 2.32. The highest BCUT2D eigenvalue weighted by atomic mass is 32.2. The third-order valence-electron chi connectivity index (χ3n) is 4.56. The van der Waals surface area contributed by atoms with Crippen molar-refractivity contribution in [2.24, 2.45) is 0 Å². The molecule has 0 N–H and O–H groups in total. The fourth-order valence-electron chi connectivity index (χ4n) is 3.12. The van der Waals surface area contributed by atoms with Crippen molar-refractivity contribution in [1.82, 2.24) is 14.5 Å². The maximum absolute atomic E-state index is 12.9. The van der Waals surface area contributed by atoms with Crippen molar-refractivity contribution in [2.45, 2.75) is 30.6 Å². The summed E-state index contributed by atoms with van der Waals surface area (Å²) in [6.45, 7) is 2.81. The third-order valence-corrected chi connectivity index (χ3v) is 7.30. The Hall–Kier alpha value is -2.03. The second kappa shape index (κ2) is 6.94. The Morgan fingerprint density at radius 1 is 1.19 bits per heavy atom. The van der Waals surface area contributed by atoms with Crippen molar-refractivity contribution in [3.63, 3.8) is 0 Å². The molecule has 26 heavy (non-hydrogen) atoms. The first-order valence-corrected chi connectivity index (χ1v) is 10.8. The topological polar surface area (TPSA) is 76.3 Å². The normalized spacial score (nSPS) is 18.9. The van der Waals surface area contributed by atoms with Crippen molar-refractivity contribution in [1.29, 1.82) is 0 Å². The Labute approximate surface area is 156 Å². The van der Waals surface area contributed by atoms with Gasteiger partial charge in [0.25, 0.3) is 5.89 Å². The van der Waals surface area contributed by atoms with E-state index in [0.717, 1.165) is 23.3 Å². The molecule has 1 aliphatic heterocycles. The number of nitrogens with zero attached hydrogens (tertiary/aromatic N) is 3. The minimum atomic E-state index is -3.51. The van der Waals surface area contributed by atoms with Crippen LogP contribution >= 0.6 is 11.3 Å². The molecule has 0 unspecified atom stereocenters. The maximum atomic E-state index is 12.9. The molecule has 4 rings (SSSR count). The van der Waals surface area contributed by atoms with E-state index in [1.165, 1.54) is 15.6 Å². The van der Waals surface area contributed by atoms with Crippen LogP contribution in [0.25, 0.3) is 10.8 Å². The van der Waals surface area contributed by atoms with Crippen LogP contribution in [0, 0.1) is 6.92 Å². The molecule has 0 spiro atoms. The molecule has 0 aliphatic carbocycles. The van der Waals surface area contributed by atoms with Gasteiger partial charge in [-0.05, 0) is 43.3 Å². The summed E-state index contributed by atoms with van der Waals surface area (Å²) in [5, 5.41) is 10.2.